The predicted molar refractivity (Wildman–Crippen MR) is 50.0 cm³/mol. The van der Waals surface area contributed by atoms with Crippen LogP contribution in [0.15, 0.2) is 17.6 Å². The first kappa shape index (κ1) is 11.2. The third-order valence-electron chi connectivity index (χ3n) is 1.43. The first-order valence-corrected chi connectivity index (χ1v) is 4.10. The lowest BCUT2D eigenvalue weighted by Gasteiger charge is -2.23. The van der Waals surface area contributed by atoms with Gasteiger partial charge in [0.25, 0.3) is 0 Å². The Bertz CT molecular complexity index is 168. The SMILES string of the molecule is C=CC([O-])=NCCC[N+](C)(C)C. The minimum Gasteiger partial charge on any atom is -0.859 e. The van der Waals surface area contributed by atoms with E-state index in [2.05, 4.69) is 32.7 Å². The molecule has 0 N–H and O–H groups in total. The van der Waals surface area contributed by atoms with Gasteiger partial charge in [0.1, 0.15) is 0 Å². The third kappa shape index (κ3) is 7.28. The average molecular weight is 170 g/mol. The van der Waals surface area contributed by atoms with E-state index in [1.165, 1.54) is 6.08 Å². The zero-order valence-corrected chi connectivity index (χ0v) is 8.21. The largest absolute Gasteiger partial charge is 0.859 e. The van der Waals surface area contributed by atoms with Crippen molar-refractivity contribution in [3.63, 3.8) is 0 Å². The molecule has 0 aliphatic carbocycles. The fourth-order valence-corrected chi connectivity index (χ4v) is 0.799. The van der Waals surface area contributed by atoms with Gasteiger partial charge in [-0.15, -0.1) is 0 Å². The minimum atomic E-state index is -0.212. The summed E-state index contributed by atoms with van der Waals surface area (Å²) in [4.78, 5) is 3.78. The van der Waals surface area contributed by atoms with Gasteiger partial charge in [0.2, 0.25) is 0 Å². The molecule has 0 bridgehead atoms. The fourth-order valence-electron chi connectivity index (χ4n) is 0.799. The molecule has 0 aromatic heterocycles. The molecule has 70 valence electrons. The maximum absolute atomic E-state index is 10.6. The number of quaternary nitrogens is 1. The quantitative estimate of drug-likeness (QED) is 0.248. The lowest BCUT2D eigenvalue weighted by Crippen LogP contribution is -2.35. The number of hydrogen-bond donors (Lipinski definition) is 0. The van der Waals surface area contributed by atoms with Crippen LogP contribution in [0.3, 0.4) is 0 Å². The number of rotatable bonds is 5. The van der Waals surface area contributed by atoms with Gasteiger partial charge in [-0.2, -0.15) is 0 Å². The first-order chi connectivity index (χ1) is 5.45. The Kier molecular flexibility index (Phi) is 4.59. The fraction of sp³-hybridized carbons (Fsp3) is 0.667. The van der Waals surface area contributed by atoms with Crippen LogP contribution in [0.1, 0.15) is 6.42 Å². The Morgan fingerprint density at radius 2 is 2.08 bits per heavy atom. The lowest BCUT2D eigenvalue weighted by molar-refractivity contribution is -0.870. The van der Waals surface area contributed by atoms with E-state index in [-0.39, 0.29) is 5.90 Å². The number of aliphatic imine (C=N–C) groups is 1. The number of hydrogen-bond acceptors (Lipinski definition) is 2. The van der Waals surface area contributed by atoms with E-state index in [1.54, 1.807) is 0 Å². The molecule has 0 fully saturated rings. The summed E-state index contributed by atoms with van der Waals surface area (Å²) in [5.41, 5.74) is 0. The molecule has 0 aliphatic rings. The summed E-state index contributed by atoms with van der Waals surface area (Å²) in [7, 11) is 6.36. The summed E-state index contributed by atoms with van der Waals surface area (Å²) in [5, 5.41) is 10.6. The molecule has 0 spiro atoms. The minimum absolute atomic E-state index is 0.212. The van der Waals surface area contributed by atoms with Gasteiger partial charge in [-0.3, -0.25) is 0 Å². The zero-order chi connectivity index (χ0) is 9.61. The smallest absolute Gasteiger partial charge is 0.0798 e. The third-order valence-corrected chi connectivity index (χ3v) is 1.43. The summed E-state index contributed by atoms with van der Waals surface area (Å²) in [6.45, 7) is 4.99. The van der Waals surface area contributed by atoms with Crippen LogP contribution in [-0.4, -0.2) is 44.6 Å². The van der Waals surface area contributed by atoms with E-state index in [4.69, 9.17) is 0 Å². The van der Waals surface area contributed by atoms with Crippen LogP contribution >= 0.6 is 0 Å². The lowest BCUT2D eigenvalue weighted by atomic mass is 10.4. The highest BCUT2D eigenvalue weighted by Gasteiger charge is 2.04. The molecule has 3 heteroatoms. The van der Waals surface area contributed by atoms with Crippen LogP contribution in [0.5, 0.6) is 0 Å². The first-order valence-electron chi connectivity index (χ1n) is 4.10. The van der Waals surface area contributed by atoms with Crippen LogP contribution < -0.4 is 5.11 Å². The van der Waals surface area contributed by atoms with E-state index in [9.17, 15) is 5.11 Å². The topological polar surface area (TPSA) is 35.4 Å². The average Bonchev–Trinajstić information content (AvgIpc) is 1.96. The molecule has 0 heterocycles. The van der Waals surface area contributed by atoms with E-state index < -0.39 is 0 Å². The van der Waals surface area contributed by atoms with Gasteiger partial charge in [0.15, 0.2) is 0 Å². The molecular formula is C9H18N2O. The van der Waals surface area contributed by atoms with Crippen molar-refractivity contribution in [2.24, 2.45) is 4.99 Å². The Balaban J connectivity index is 3.52. The van der Waals surface area contributed by atoms with Crippen LogP contribution in [0.2, 0.25) is 0 Å². The van der Waals surface area contributed by atoms with Gasteiger partial charge in [-0.1, -0.05) is 12.7 Å². The second-order valence-electron chi connectivity index (χ2n) is 3.79. The molecule has 3 nitrogen and oxygen atoms in total. The van der Waals surface area contributed by atoms with Gasteiger partial charge in [0.05, 0.1) is 27.7 Å². The Labute approximate surface area is 74.6 Å². The summed E-state index contributed by atoms with van der Waals surface area (Å²) < 4.78 is 0.914. The molecule has 0 atom stereocenters. The van der Waals surface area contributed by atoms with Crippen molar-refractivity contribution in [1.29, 1.82) is 0 Å². The molecule has 0 unspecified atom stereocenters. The summed E-state index contributed by atoms with van der Waals surface area (Å²) in [6, 6.07) is 0. The van der Waals surface area contributed by atoms with Crippen LogP contribution in [0, 0.1) is 0 Å². The van der Waals surface area contributed by atoms with Crippen LogP contribution in [0.25, 0.3) is 0 Å². The second kappa shape index (κ2) is 4.93. The van der Waals surface area contributed by atoms with Gasteiger partial charge in [0, 0.05) is 13.0 Å². The van der Waals surface area contributed by atoms with Crippen molar-refractivity contribution < 1.29 is 9.59 Å². The van der Waals surface area contributed by atoms with E-state index in [0.29, 0.717) is 6.54 Å². The molecule has 0 aliphatic heterocycles. The second-order valence-corrected chi connectivity index (χ2v) is 3.79. The maximum Gasteiger partial charge on any atom is 0.0798 e. The van der Waals surface area contributed by atoms with E-state index in [0.717, 1.165) is 17.4 Å². The molecule has 0 amide bonds. The normalized spacial score (nSPS) is 13.1. The van der Waals surface area contributed by atoms with Crippen molar-refractivity contribution in [3.05, 3.63) is 12.7 Å². The van der Waals surface area contributed by atoms with Crippen LogP contribution in [-0.2, 0) is 0 Å². The van der Waals surface area contributed by atoms with Gasteiger partial charge >= 0.3 is 0 Å². The molecule has 0 radical (unpaired) electrons. The van der Waals surface area contributed by atoms with Gasteiger partial charge in [-0.25, -0.2) is 0 Å². The standard InChI is InChI=1S/C9H18N2O/c1-5-9(12)10-7-6-8-11(2,3)4/h5H,1,6-8H2,2-4H3. The molecule has 0 saturated heterocycles. The molecule has 0 aromatic rings. The van der Waals surface area contributed by atoms with Gasteiger partial charge in [-0.05, 0) is 5.90 Å². The highest BCUT2D eigenvalue weighted by atomic mass is 16.3. The molecular weight excluding hydrogens is 152 g/mol. The Morgan fingerprint density at radius 1 is 1.50 bits per heavy atom. The highest BCUT2D eigenvalue weighted by Crippen LogP contribution is 1.93. The maximum atomic E-state index is 10.6. The monoisotopic (exact) mass is 170 g/mol. The van der Waals surface area contributed by atoms with Crippen LogP contribution in [0.4, 0.5) is 0 Å². The Morgan fingerprint density at radius 3 is 2.50 bits per heavy atom. The van der Waals surface area contributed by atoms with Crippen molar-refractivity contribution in [2.75, 3.05) is 34.2 Å². The van der Waals surface area contributed by atoms with Crippen molar-refractivity contribution >= 4 is 5.90 Å². The van der Waals surface area contributed by atoms with E-state index in [1.807, 2.05) is 0 Å². The molecule has 0 rings (SSSR count). The number of nitrogens with zero attached hydrogens (tertiary/aromatic N) is 2. The summed E-state index contributed by atoms with van der Waals surface area (Å²) in [5.74, 6) is -0.212. The highest BCUT2D eigenvalue weighted by molar-refractivity contribution is 5.82. The molecule has 0 saturated carbocycles. The van der Waals surface area contributed by atoms with E-state index >= 15 is 0 Å². The van der Waals surface area contributed by atoms with Crippen molar-refractivity contribution in [1.82, 2.24) is 0 Å². The summed E-state index contributed by atoms with van der Waals surface area (Å²) in [6.07, 6.45) is 2.19. The molecule has 12 heavy (non-hydrogen) atoms. The van der Waals surface area contributed by atoms with Crippen molar-refractivity contribution in [2.45, 2.75) is 6.42 Å². The summed E-state index contributed by atoms with van der Waals surface area (Å²) >= 11 is 0. The van der Waals surface area contributed by atoms with Crippen molar-refractivity contribution in [3.8, 4) is 0 Å². The Hall–Kier alpha value is -0.830. The van der Waals surface area contributed by atoms with Gasteiger partial charge < -0.3 is 14.6 Å². The predicted octanol–water partition coefficient (Wildman–Crippen LogP) is 0.0275. The zero-order valence-electron chi connectivity index (χ0n) is 8.21. The molecule has 0 aromatic carbocycles.